The van der Waals surface area contributed by atoms with Crippen molar-refractivity contribution in [3.05, 3.63) is 71.6 Å². The zero-order chi connectivity index (χ0) is 21.0. The van der Waals surface area contributed by atoms with Gasteiger partial charge in [0, 0.05) is 17.1 Å². The Morgan fingerprint density at radius 3 is 2.76 bits per heavy atom. The molecule has 0 radical (unpaired) electrons. The number of benzene rings is 2. The van der Waals surface area contributed by atoms with Gasteiger partial charge in [-0.3, -0.25) is 0 Å². The van der Waals surface area contributed by atoms with E-state index < -0.39 is 10.0 Å². The first kappa shape index (κ1) is 21.0. The van der Waals surface area contributed by atoms with Crippen molar-refractivity contribution in [2.45, 2.75) is 18.4 Å². The SMILES string of the molecule is C=CCN(Cc1nc(-c2cccc(C)c2)no1)S(=O)(=O)c1cc(Cl)ccc1OC. The van der Waals surface area contributed by atoms with Gasteiger partial charge in [-0.05, 0) is 31.2 Å². The second-order valence-corrected chi connectivity index (χ2v) is 8.61. The van der Waals surface area contributed by atoms with E-state index in [1.807, 2.05) is 31.2 Å². The van der Waals surface area contributed by atoms with E-state index in [9.17, 15) is 8.42 Å². The number of hydrogen-bond donors (Lipinski definition) is 0. The average molecular weight is 434 g/mol. The number of sulfonamides is 1. The van der Waals surface area contributed by atoms with Gasteiger partial charge in [-0.15, -0.1) is 6.58 Å². The summed E-state index contributed by atoms with van der Waals surface area (Å²) < 4.78 is 38.1. The summed E-state index contributed by atoms with van der Waals surface area (Å²) in [6, 6.07) is 12.0. The highest BCUT2D eigenvalue weighted by Gasteiger charge is 2.29. The molecule has 0 aliphatic carbocycles. The second-order valence-electron chi connectivity index (χ2n) is 6.26. The van der Waals surface area contributed by atoms with Gasteiger partial charge >= 0.3 is 0 Å². The van der Waals surface area contributed by atoms with Crippen LogP contribution in [0.5, 0.6) is 5.75 Å². The normalized spacial score (nSPS) is 11.6. The Morgan fingerprint density at radius 1 is 1.28 bits per heavy atom. The first-order valence-corrected chi connectivity index (χ1v) is 10.5. The quantitative estimate of drug-likeness (QED) is 0.497. The standard InChI is InChI=1S/C20H20ClN3O4S/c1-4-10-24(29(25,26)18-12-16(21)8-9-17(18)27-3)13-19-22-20(23-28-19)15-7-5-6-14(2)11-15/h4-9,11-12H,1,10,13H2,2-3H3. The molecule has 2 aromatic carbocycles. The number of ether oxygens (including phenoxy) is 1. The molecule has 7 nitrogen and oxygen atoms in total. The van der Waals surface area contributed by atoms with Gasteiger partial charge in [-0.1, -0.05) is 46.6 Å². The van der Waals surface area contributed by atoms with Gasteiger partial charge in [0.2, 0.25) is 21.7 Å². The minimum Gasteiger partial charge on any atom is -0.495 e. The van der Waals surface area contributed by atoms with Gasteiger partial charge in [0.05, 0.1) is 13.7 Å². The highest BCUT2D eigenvalue weighted by atomic mass is 35.5. The molecule has 3 aromatic rings. The molecular formula is C20H20ClN3O4S. The van der Waals surface area contributed by atoms with Crippen LogP contribution in [-0.4, -0.2) is 36.5 Å². The monoisotopic (exact) mass is 433 g/mol. The van der Waals surface area contributed by atoms with Crippen LogP contribution in [0, 0.1) is 6.92 Å². The highest BCUT2D eigenvalue weighted by Crippen LogP contribution is 2.30. The maximum absolute atomic E-state index is 13.2. The molecule has 0 aliphatic rings. The third-order valence-electron chi connectivity index (χ3n) is 4.13. The smallest absolute Gasteiger partial charge is 0.247 e. The minimum atomic E-state index is -3.96. The van der Waals surface area contributed by atoms with Crippen molar-refractivity contribution < 1.29 is 17.7 Å². The van der Waals surface area contributed by atoms with Gasteiger partial charge < -0.3 is 9.26 Å². The van der Waals surface area contributed by atoms with Crippen LogP contribution in [0.25, 0.3) is 11.4 Å². The summed E-state index contributed by atoms with van der Waals surface area (Å²) in [4.78, 5) is 4.29. The van der Waals surface area contributed by atoms with E-state index in [0.29, 0.717) is 5.82 Å². The summed E-state index contributed by atoms with van der Waals surface area (Å²) in [5.41, 5.74) is 1.84. The molecule has 29 heavy (non-hydrogen) atoms. The third-order valence-corrected chi connectivity index (χ3v) is 6.20. The zero-order valence-electron chi connectivity index (χ0n) is 16.0. The molecule has 0 N–H and O–H groups in total. The van der Waals surface area contributed by atoms with Crippen LogP contribution in [-0.2, 0) is 16.6 Å². The number of hydrogen-bond acceptors (Lipinski definition) is 6. The number of methoxy groups -OCH3 is 1. The summed E-state index contributed by atoms with van der Waals surface area (Å²) in [7, 11) is -2.57. The highest BCUT2D eigenvalue weighted by molar-refractivity contribution is 7.89. The van der Waals surface area contributed by atoms with E-state index in [1.165, 1.54) is 29.6 Å². The summed E-state index contributed by atoms with van der Waals surface area (Å²) >= 11 is 6.01. The van der Waals surface area contributed by atoms with Gasteiger partial charge in [0.15, 0.2) is 0 Å². The lowest BCUT2D eigenvalue weighted by Gasteiger charge is -2.20. The molecule has 0 saturated heterocycles. The molecule has 0 fully saturated rings. The van der Waals surface area contributed by atoms with Crippen LogP contribution in [0.1, 0.15) is 11.5 Å². The summed E-state index contributed by atoms with van der Waals surface area (Å²) in [5, 5.41) is 4.24. The lowest BCUT2D eigenvalue weighted by molar-refractivity contribution is 0.325. The molecule has 0 spiro atoms. The zero-order valence-corrected chi connectivity index (χ0v) is 17.6. The minimum absolute atomic E-state index is 0.0418. The predicted molar refractivity (Wildman–Crippen MR) is 110 cm³/mol. The number of halogens is 1. The number of aromatic nitrogens is 2. The van der Waals surface area contributed by atoms with Crippen molar-refractivity contribution in [1.29, 1.82) is 0 Å². The molecular weight excluding hydrogens is 414 g/mol. The predicted octanol–water partition coefficient (Wildman–Crippen LogP) is 4.08. The molecule has 9 heteroatoms. The fraction of sp³-hybridized carbons (Fsp3) is 0.200. The van der Waals surface area contributed by atoms with Crippen molar-refractivity contribution in [3.8, 4) is 17.1 Å². The fourth-order valence-corrected chi connectivity index (χ4v) is 4.53. The maximum atomic E-state index is 13.2. The maximum Gasteiger partial charge on any atom is 0.247 e. The van der Waals surface area contributed by atoms with Crippen molar-refractivity contribution >= 4 is 21.6 Å². The van der Waals surface area contributed by atoms with Crippen LogP contribution >= 0.6 is 11.6 Å². The van der Waals surface area contributed by atoms with E-state index in [0.717, 1.165) is 11.1 Å². The summed E-state index contributed by atoms with van der Waals surface area (Å²) in [6.07, 6.45) is 1.48. The molecule has 152 valence electrons. The van der Waals surface area contributed by atoms with Crippen LogP contribution < -0.4 is 4.74 Å². The second kappa shape index (κ2) is 8.77. The number of nitrogens with zero attached hydrogens (tertiary/aromatic N) is 3. The average Bonchev–Trinajstić information content (AvgIpc) is 3.16. The van der Waals surface area contributed by atoms with Crippen LogP contribution in [0.4, 0.5) is 0 Å². The van der Waals surface area contributed by atoms with E-state index in [4.69, 9.17) is 20.9 Å². The van der Waals surface area contributed by atoms with E-state index >= 15 is 0 Å². The summed E-state index contributed by atoms with van der Waals surface area (Å²) in [5.74, 6) is 0.738. The van der Waals surface area contributed by atoms with Crippen molar-refractivity contribution in [2.75, 3.05) is 13.7 Å². The topological polar surface area (TPSA) is 85.5 Å². The van der Waals surface area contributed by atoms with E-state index in [1.54, 1.807) is 6.07 Å². The van der Waals surface area contributed by atoms with Crippen molar-refractivity contribution in [1.82, 2.24) is 14.4 Å². The van der Waals surface area contributed by atoms with Crippen molar-refractivity contribution in [3.63, 3.8) is 0 Å². The van der Waals surface area contributed by atoms with Gasteiger partial charge in [-0.2, -0.15) is 9.29 Å². The van der Waals surface area contributed by atoms with Crippen LogP contribution in [0.2, 0.25) is 5.02 Å². The Balaban J connectivity index is 1.93. The van der Waals surface area contributed by atoms with Crippen LogP contribution in [0.3, 0.4) is 0 Å². The number of rotatable bonds is 8. The molecule has 0 amide bonds. The molecule has 1 aromatic heterocycles. The van der Waals surface area contributed by atoms with Gasteiger partial charge in [-0.25, -0.2) is 8.42 Å². The van der Waals surface area contributed by atoms with Crippen molar-refractivity contribution in [2.24, 2.45) is 0 Å². The Kier molecular flexibility index (Phi) is 6.36. The Hall–Kier alpha value is -2.68. The largest absolute Gasteiger partial charge is 0.495 e. The Bertz CT molecular complexity index is 1130. The Labute approximate surface area is 174 Å². The van der Waals surface area contributed by atoms with Gasteiger partial charge in [0.25, 0.3) is 0 Å². The first-order chi connectivity index (χ1) is 13.8. The van der Waals surface area contributed by atoms with E-state index in [2.05, 4.69) is 16.7 Å². The molecule has 0 bridgehead atoms. The lowest BCUT2D eigenvalue weighted by atomic mass is 10.1. The Morgan fingerprint density at radius 2 is 2.07 bits per heavy atom. The molecule has 1 heterocycles. The molecule has 0 aliphatic heterocycles. The summed E-state index contributed by atoms with van der Waals surface area (Å²) in [6.45, 7) is 5.52. The molecule has 0 saturated carbocycles. The van der Waals surface area contributed by atoms with E-state index in [-0.39, 0.29) is 34.6 Å². The lowest BCUT2D eigenvalue weighted by Crippen LogP contribution is -2.31. The van der Waals surface area contributed by atoms with Crippen LogP contribution in [0.15, 0.2) is 64.5 Å². The first-order valence-electron chi connectivity index (χ1n) is 8.69. The van der Waals surface area contributed by atoms with Gasteiger partial charge in [0.1, 0.15) is 10.6 Å². The third kappa shape index (κ3) is 4.67. The molecule has 3 rings (SSSR count). The molecule has 0 unspecified atom stereocenters. The number of aryl methyl sites for hydroxylation is 1. The molecule has 0 atom stereocenters. The fourth-order valence-electron chi connectivity index (χ4n) is 2.75.